The highest BCUT2D eigenvalue weighted by Gasteiger charge is 2.33. The third-order valence-corrected chi connectivity index (χ3v) is 7.34. The number of piperidine rings is 1. The van der Waals surface area contributed by atoms with E-state index in [1.807, 2.05) is 31.2 Å². The van der Waals surface area contributed by atoms with E-state index in [9.17, 15) is 18.0 Å². The van der Waals surface area contributed by atoms with Gasteiger partial charge in [0, 0.05) is 24.7 Å². The summed E-state index contributed by atoms with van der Waals surface area (Å²) in [6, 6.07) is 12.0. The summed E-state index contributed by atoms with van der Waals surface area (Å²) in [4.78, 5) is 24.2. The van der Waals surface area contributed by atoms with Gasteiger partial charge in [-0.25, -0.2) is 8.42 Å². The van der Waals surface area contributed by atoms with Gasteiger partial charge in [0.1, 0.15) is 5.75 Å². The molecule has 2 N–H and O–H groups in total. The molecule has 1 saturated heterocycles. The number of carbonyl (C=O) groups excluding carboxylic acids is 2. The van der Waals surface area contributed by atoms with Gasteiger partial charge in [-0.3, -0.25) is 9.59 Å². The molecular weight excluding hydrogens is 406 g/mol. The number of para-hydroxylation sites is 1. The van der Waals surface area contributed by atoms with Gasteiger partial charge in [-0.15, -0.1) is 0 Å². The van der Waals surface area contributed by atoms with Gasteiger partial charge in [0.15, 0.2) is 6.61 Å². The first-order valence-electron chi connectivity index (χ1n) is 9.78. The van der Waals surface area contributed by atoms with Crippen molar-refractivity contribution in [1.82, 2.24) is 4.31 Å². The van der Waals surface area contributed by atoms with Gasteiger partial charge in [-0.05, 0) is 49.6 Å². The molecular formula is C21H23N3O5S. The number of carbonyl (C=O) groups is 2. The zero-order valence-electron chi connectivity index (χ0n) is 16.6. The number of rotatable bonds is 4. The number of amides is 2. The number of fused-ring (bicyclic) bond motifs is 1. The van der Waals surface area contributed by atoms with Crippen LogP contribution in [-0.2, 0) is 19.6 Å². The van der Waals surface area contributed by atoms with Crippen LogP contribution in [0.4, 0.5) is 11.4 Å². The fraction of sp³-hybridized carbons (Fsp3) is 0.333. The molecule has 0 radical (unpaired) electrons. The van der Waals surface area contributed by atoms with Crippen LogP contribution in [0.3, 0.4) is 0 Å². The molecule has 158 valence electrons. The Balaban J connectivity index is 1.42. The Kier molecular flexibility index (Phi) is 5.48. The Hall–Kier alpha value is -2.91. The summed E-state index contributed by atoms with van der Waals surface area (Å²) in [5.41, 5.74) is 2.10. The second kappa shape index (κ2) is 8.08. The number of ether oxygens (including phenoxy) is 1. The Morgan fingerprint density at radius 3 is 2.63 bits per heavy atom. The third-order valence-electron chi connectivity index (χ3n) is 5.45. The van der Waals surface area contributed by atoms with E-state index in [1.54, 1.807) is 6.07 Å². The molecule has 8 nitrogen and oxygen atoms in total. The van der Waals surface area contributed by atoms with Gasteiger partial charge in [-0.2, -0.15) is 4.31 Å². The van der Waals surface area contributed by atoms with E-state index < -0.39 is 10.0 Å². The van der Waals surface area contributed by atoms with E-state index >= 15 is 0 Å². The summed E-state index contributed by atoms with van der Waals surface area (Å²) in [6.07, 6.45) is 0.892. The quantitative estimate of drug-likeness (QED) is 0.776. The third kappa shape index (κ3) is 4.03. The molecule has 0 aliphatic carbocycles. The van der Waals surface area contributed by atoms with Crippen molar-refractivity contribution < 1.29 is 22.7 Å². The summed E-state index contributed by atoms with van der Waals surface area (Å²) in [5, 5.41) is 5.57. The minimum Gasteiger partial charge on any atom is -0.482 e. The van der Waals surface area contributed by atoms with Gasteiger partial charge >= 0.3 is 0 Å². The maximum absolute atomic E-state index is 13.0. The summed E-state index contributed by atoms with van der Waals surface area (Å²) in [7, 11) is -3.73. The van der Waals surface area contributed by atoms with Crippen LogP contribution in [0.15, 0.2) is 47.4 Å². The molecule has 4 rings (SSSR count). The summed E-state index contributed by atoms with van der Waals surface area (Å²) >= 11 is 0. The predicted octanol–water partition coefficient (Wildman–Crippen LogP) is 2.37. The average molecular weight is 429 g/mol. The molecule has 0 bridgehead atoms. The number of aryl methyl sites for hydroxylation is 1. The monoisotopic (exact) mass is 429 g/mol. The van der Waals surface area contributed by atoms with E-state index in [0.717, 1.165) is 11.3 Å². The molecule has 0 aromatic heterocycles. The van der Waals surface area contributed by atoms with Crippen LogP contribution in [0.5, 0.6) is 5.75 Å². The number of anilines is 2. The second-order valence-corrected chi connectivity index (χ2v) is 9.42. The SMILES string of the molecule is Cc1ccccc1NC(=O)C1CCN(S(=O)(=O)c2ccc3c(c2)NC(=O)CO3)CC1. The van der Waals surface area contributed by atoms with E-state index in [1.165, 1.54) is 16.4 Å². The first-order chi connectivity index (χ1) is 14.3. The highest BCUT2D eigenvalue weighted by molar-refractivity contribution is 7.89. The van der Waals surface area contributed by atoms with Gasteiger partial charge in [0.05, 0.1) is 10.6 Å². The second-order valence-electron chi connectivity index (χ2n) is 7.48. The van der Waals surface area contributed by atoms with Gasteiger partial charge < -0.3 is 15.4 Å². The first kappa shape index (κ1) is 20.4. The molecule has 2 heterocycles. The topological polar surface area (TPSA) is 105 Å². The van der Waals surface area contributed by atoms with Crippen LogP contribution in [-0.4, -0.2) is 44.2 Å². The molecule has 2 aromatic carbocycles. The molecule has 0 spiro atoms. The van der Waals surface area contributed by atoms with E-state index in [2.05, 4.69) is 10.6 Å². The maximum Gasteiger partial charge on any atom is 0.262 e. The predicted molar refractivity (Wildman–Crippen MR) is 112 cm³/mol. The molecule has 0 saturated carbocycles. The largest absolute Gasteiger partial charge is 0.482 e. The fourth-order valence-corrected chi connectivity index (χ4v) is 5.17. The summed E-state index contributed by atoms with van der Waals surface area (Å²) < 4.78 is 32.7. The standard InChI is InChI=1S/C21H23N3O5S/c1-14-4-2-3-5-17(14)23-21(26)15-8-10-24(11-9-15)30(27,28)16-6-7-19-18(12-16)22-20(25)13-29-19/h2-7,12,15H,8-11,13H2,1H3,(H,22,25)(H,23,26). The molecule has 2 aliphatic heterocycles. The molecule has 30 heavy (non-hydrogen) atoms. The summed E-state index contributed by atoms with van der Waals surface area (Å²) in [6.45, 7) is 2.36. The van der Waals surface area contributed by atoms with E-state index in [-0.39, 0.29) is 42.3 Å². The minimum atomic E-state index is -3.73. The number of benzene rings is 2. The Morgan fingerprint density at radius 1 is 1.17 bits per heavy atom. The lowest BCUT2D eigenvalue weighted by molar-refractivity contribution is -0.121. The van der Waals surface area contributed by atoms with Crippen molar-refractivity contribution >= 4 is 33.2 Å². The zero-order valence-corrected chi connectivity index (χ0v) is 17.4. The van der Waals surface area contributed by atoms with Crippen molar-refractivity contribution in [2.45, 2.75) is 24.7 Å². The minimum absolute atomic E-state index is 0.0861. The van der Waals surface area contributed by atoms with Crippen LogP contribution < -0.4 is 15.4 Å². The maximum atomic E-state index is 13.0. The lowest BCUT2D eigenvalue weighted by atomic mass is 9.97. The van der Waals surface area contributed by atoms with Crippen molar-refractivity contribution in [2.75, 3.05) is 30.3 Å². The highest BCUT2D eigenvalue weighted by Crippen LogP contribution is 2.32. The number of nitrogens with zero attached hydrogens (tertiary/aromatic N) is 1. The lowest BCUT2D eigenvalue weighted by Gasteiger charge is -2.31. The number of hydrogen-bond acceptors (Lipinski definition) is 5. The van der Waals surface area contributed by atoms with Gasteiger partial charge in [-0.1, -0.05) is 18.2 Å². The Morgan fingerprint density at radius 2 is 1.90 bits per heavy atom. The van der Waals surface area contributed by atoms with Crippen molar-refractivity contribution in [3.05, 3.63) is 48.0 Å². The molecule has 1 fully saturated rings. The number of sulfonamides is 1. The van der Waals surface area contributed by atoms with E-state index in [4.69, 9.17) is 4.74 Å². The molecule has 2 amide bonds. The lowest BCUT2D eigenvalue weighted by Crippen LogP contribution is -2.41. The molecule has 0 unspecified atom stereocenters. The Bertz CT molecular complexity index is 1090. The first-order valence-corrected chi connectivity index (χ1v) is 11.2. The van der Waals surface area contributed by atoms with Gasteiger partial charge in [0.25, 0.3) is 5.91 Å². The molecule has 2 aromatic rings. The molecule has 9 heteroatoms. The highest BCUT2D eigenvalue weighted by atomic mass is 32.2. The van der Waals surface area contributed by atoms with Crippen LogP contribution >= 0.6 is 0 Å². The van der Waals surface area contributed by atoms with Crippen LogP contribution in [0, 0.1) is 12.8 Å². The van der Waals surface area contributed by atoms with Crippen LogP contribution in [0.25, 0.3) is 0 Å². The number of nitrogens with one attached hydrogen (secondary N) is 2. The molecule has 0 atom stereocenters. The van der Waals surface area contributed by atoms with Gasteiger partial charge in [0.2, 0.25) is 15.9 Å². The average Bonchev–Trinajstić information content (AvgIpc) is 2.75. The van der Waals surface area contributed by atoms with Crippen molar-refractivity contribution in [3.8, 4) is 5.75 Å². The van der Waals surface area contributed by atoms with Crippen LogP contribution in [0.2, 0.25) is 0 Å². The van der Waals surface area contributed by atoms with E-state index in [0.29, 0.717) is 24.3 Å². The molecule has 2 aliphatic rings. The fourth-order valence-electron chi connectivity index (χ4n) is 3.68. The van der Waals surface area contributed by atoms with Crippen molar-refractivity contribution in [3.63, 3.8) is 0 Å². The van der Waals surface area contributed by atoms with Crippen molar-refractivity contribution in [2.24, 2.45) is 5.92 Å². The smallest absolute Gasteiger partial charge is 0.262 e. The zero-order chi connectivity index (χ0) is 21.3. The summed E-state index contributed by atoms with van der Waals surface area (Å²) in [5.74, 6) is -0.208. The van der Waals surface area contributed by atoms with Crippen LogP contribution in [0.1, 0.15) is 18.4 Å². The van der Waals surface area contributed by atoms with Crippen molar-refractivity contribution in [1.29, 1.82) is 0 Å². The normalized spacial score (nSPS) is 17.6. The number of hydrogen-bond donors (Lipinski definition) is 2. The Labute approximate surface area is 175 Å².